The van der Waals surface area contributed by atoms with Crippen LogP contribution in [0.25, 0.3) is 0 Å². The highest BCUT2D eigenvalue weighted by Gasteiger charge is 2.40. The monoisotopic (exact) mass is 292 g/mol. The minimum atomic E-state index is -3.55. The second-order valence-corrected chi connectivity index (χ2v) is 3.26. The zero-order valence-corrected chi connectivity index (χ0v) is 8.41. The highest BCUT2D eigenvalue weighted by molar-refractivity contribution is 9.19. The average Bonchev–Trinajstić information content (AvgIpc) is 1.86. The average molecular weight is 294 g/mol. The second kappa shape index (κ2) is 4.25. The van der Waals surface area contributed by atoms with Crippen molar-refractivity contribution in [1.29, 1.82) is 0 Å². The number of rotatable bonds is 4. The lowest BCUT2D eigenvalue weighted by atomic mass is 10.2. The van der Waals surface area contributed by atoms with Gasteiger partial charge < -0.3 is 0 Å². The van der Waals surface area contributed by atoms with Crippen molar-refractivity contribution in [3.63, 3.8) is 0 Å². The number of Topliss-reactive ketones (excluding diaryl/α,β-unsaturated/α-hetero) is 1. The topological polar surface area (TPSA) is 34.1 Å². The molecular formula is C5H4Br2F2O2. The Kier molecular flexibility index (Phi) is 4.31. The number of hydrogen-bond acceptors (Lipinski definition) is 2. The fourth-order valence-corrected chi connectivity index (χ4v) is 1.16. The van der Waals surface area contributed by atoms with E-state index in [2.05, 4.69) is 31.9 Å². The van der Waals surface area contributed by atoms with Crippen molar-refractivity contribution < 1.29 is 18.4 Å². The molecule has 0 N–H and O–H groups in total. The fraction of sp³-hybridized carbons (Fsp3) is 0.600. The van der Waals surface area contributed by atoms with Crippen molar-refractivity contribution in [3.8, 4) is 0 Å². The Labute approximate surface area is 78.6 Å². The summed E-state index contributed by atoms with van der Waals surface area (Å²) in [5, 5.41) is -0.0218. The zero-order chi connectivity index (χ0) is 9.07. The molecule has 0 spiro atoms. The molecule has 2 nitrogen and oxygen atoms in total. The Balaban J connectivity index is 4.29. The Hall–Kier alpha value is 0.160. The van der Waals surface area contributed by atoms with Gasteiger partial charge in [-0.1, -0.05) is 15.9 Å². The van der Waals surface area contributed by atoms with E-state index in [1.165, 1.54) is 0 Å². The fourth-order valence-electron chi connectivity index (χ4n) is 0.376. The van der Waals surface area contributed by atoms with Crippen LogP contribution in [0, 0.1) is 0 Å². The van der Waals surface area contributed by atoms with E-state index >= 15 is 0 Å². The first-order valence-corrected chi connectivity index (χ1v) is 4.51. The molecule has 0 amide bonds. The van der Waals surface area contributed by atoms with Gasteiger partial charge in [0.15, 0.2) is 0 Å². The van der Waals surface area contributed by atoms with Gasteiger partial charge in [-0.25, -0.2) is 0 Å². The zero-order valence-electron chi connectivity index (χ0n) is 5.24. The lowest BCUT2D eigenvalue weighted by molar-refractivity contribution is -0.148. The van der Waals surface area contributed by atoms with Crippen molar-refractivity contribution in [1.82, 2.24) is 0 Å². The molecule has 6 heteroatoms. The van der Waals surface area contributed by atoms with Crippen LogP contribution in [-0.4, -0.2) is 21.7 Å². The van der Waals surface area contributed by atoms with Gasteiger partial charge in [0, 0.05) is 27.7 Å². The van der Waals surface area contributed by atoms with Gasteiger partial charge in [-0.2, -0.15) is 8.78 Å². The normalized spacial score (nSPS) is 11.3. The van der Waals surface area contributed by atoms with Gasteiger partial charge in [-0.3, -0.25) is 9.59 Å². The minimum Gasteiger partial charge on any atom is -0.283 e. The van der Waals surface area contributed by atoms with E-state index in [1.54, 1.807) is 0 Å². The molecular weight excluding hydrogens is 290 g/mol. The first-order valence-electron chi connectivity index (χ1n) is 2.60. The summed E-state index contributed by atoms with van der Waals surface area (Å²) in [6, 6.07) is 0. The summed E-state index contributed by atoms with van der Waals surface area (Å²) < 4.78 is 23.6. The SMILES string of the molecule is O=C(Br)C(=O)C(F)(F)CCBr. The highest BCUT2D eigenvalue weighted by atomic mass is 79.9. The maximum Gasteiger partial charge on any atom is 0.314 e. The largest absolute Gasteiger partial charge is 0.314 e. The molecule has 0 fully saturated rings. The van der Waals surface area contributed by atoms with Crippen molar-refractivity contribution in [2.75, 3.05) is 5.33 Å². The summed E-state index contributed by atoms with van der Waals surface area (Å²) >= 11 is 4.91. The molecule has 0 heterocycles. The highest BCUT2D eigenvalue weighted by Crippen LogP contribution is 2.21. The van der Waals surface area contributed by atoms with Crippen LogP contribution in [0.5, 0.6) is 0 Å². The van der Waals surface area contributed by atoms with Crippen LogP contribution < -0.4 is 0 Å². The predicted octanol–water partition coefficient (Wildman–Crippen LogP) is 1.90. The van der Waals surface area contributed by atoms with E-state index in [0.717, 1.165) is 0 Å². The third-order valence-corrected chi connectivity index (χ3v) is 1.68. The molecule has 0 saturated heterocycles. The number of alkyl halides is 3. The molecule has 0 atom stereocenters. The summed E-state index contributed by atoms with van der Waals surface area (Å²) in [6.45, 7) is 0. The molecule has 0 unspecified atom stereocenters. The van der Waals surface area contributed by atoms with E-state index in [4.69, 9.17) is 0 Å². The van der Waals surface area contributed by atoms with Gasteiger partial charge in [0.2, 0.25) is 0 Å². The third kappa shape index (κ3) is 3.37. The Bertz CT molecular complexity index is 181. The minimum absolute atomic E-state index is 0.0218. The second-order valence-electron chi connectivity index (χ2n) is 1.75. The molecule has 0 aromatic rings. The van der Waals surface area contributed by atoms with Gasteiger partial charge in [-0.15, -0.1) is 0 Å². The molecule has 0 aliphatic heterocycles. The van der Waals surface area contributed by atoms with Crippen LogP contribution >= 0.6 is 31.9 Å². The van der Waals surface area contributed by atoms with E-state index in [9.17, 15) is 18.4 Å². The summed E-state index contributed by atoms with van der Waals surface area (Å²) in [5.74, 6) is -5.25. The van der Waals surface area contributed by atoms with Gasteiger partial charge in [0.1, 0.15) is 0 Å². The first-order chi connectivity index (χ1) is 4.91. The van der Waals surface area contributed by atoms with E-state index in [-0.39, 0.29) is 5.33 Å². The molecule has 0 aliphatic carbocycles. The van der Waals surface area contributed by atoms with Crippen molar-refractivity contribution in [2.24, 2.45) is 0 Å². The van der Waals surface area contributed by atoms with Crippen molar-refractivity contribution in [3.05, 3.63) is 0 Å². The quantitative estimate of drug-likeness (QED) is 0.451. The summed E-state index contributed by atoms with van der Waals surface area (Å²) in [5.41, 5.74) is 0. The summed E-state index contributed by atoms with van der Waals surface area (Å²) in [6.07, 6.45) is -0.664. The van der Waals surface area contributed by atoms with Gasteiger partial charge in [0.25, 0.3) is 10.5 Å². The number of ketones is 1. The van der Waals surface area contributed by atoms with Gasteiger partial charge in [0.05, 0.1) is 0 Å². The predicted molar refractivity (Wildman–Crippen MR) is 42.3 cm³/mol. The number of carbonyl (C=O) groups excluding carboxylic acids is 2. The molecule has 0 rings (SSSR count). The standard InChI is InChI=1S/C5H4Br2F2O2/c6-2-1-5(8,9)3(10)4(7)11/h1-2H2. The van der Waals surface area contributed by atoms with Gasteiger partial charge in [-0.05, 0) is 0 Å². The van der Waals surface area contributed by atoms with E-state index in [0.29, 0.717) is 0 Å². The van der Waals surface area contributed by atoms with Crippen molar-refractivity contribution in [2.45, 2.75) is 12.3 Å². The lowest BCUT2D eigenvalue weighted by Crippen LogP contribution is -2.32. The molecule has 0 aliphatic rings. The first kappa shape index (κ1) is 11.2. The molecule has 0 aromatic carbocycles. The molecule has 0 bridgehead atoms. The van der Waals surface area contributed by atoms with E-state index in [1.807, 2.05) is 0 Å². The van der Waals surface area contributed by atoms with Crippen LogP contribution in [-0.2, 0) is 9.59 Å². The van der Waals surface area contributed by atoms with E-state index < -0.39 is 22.8 Å². The number of halogens is 4. The molecule has 64 valence electrons. The molecule has 0 aromatic heterocycles. The maximum absolute atomic E-state index is 12.4. The molecule has 0 saturated carbocycles. The van der Waals surface area contributed by atoms with Crippen molar-refractivity contribution >= 4 is 42.3 Å². The Morgan fingerprint density at radius 1 is 1.36 bits per heavy atom. The summed E-state index contributed by atoms with van der Waals surface area (Å²) in [4.78, 5) is 20.5. The van der Waals surface area contributed by atoms with Crippen LogP contribution in [0.3, 0.4) is 0 Å². The van der Waals surface area contributed by atoms with Crippen LogP contribution in [0.1, 0.15) is 6.42 Å². The lowest BCUT2D eigenvalue weighted by Gasteiger charge is -2.09. The molecule has 11 heavy (non-hydrogen) atoms. The Morgan fingerprint density at radius 3 is 2.09 bits per heavy atom. The summed E-state index contributed by atoms with van der Waals surface area (Å²) in [7, 11) is 0. The smallest absolute Gasteiger partial charge is 0.283 e. The number of carbonyl (C=O) groups is 2. The van der Waals surface area contributed by atoms with Crippen LogP contribution in [0.2, 0.25) is 0 Å². The molecule has 0 radical (unpaired) electrons. The van der Waals surface area contributed by atoms with Crippen LogP contribution in [0.4, 0.5) is 8.78 Å². The van der Waals surface area contributed by atoms with Gasteiger partial charge >= 0.3 is 5.92 Å². The third-order valence-electron chi connectivity index (χ3n) is 0.919. The van der Waals surface area contributed by atoms with Crippen LogP contribution in [0.15, 0.2) is 0 Å². The number of hydrogen-bond donors (Lipinski definition) is 0. The maximum atomic E-state index is 12.4. The Morgan fingerprint density at radius 2 is 1.82 bits per heavy atom.